The van der Waals surface area contributed by atoms with Gasteiger partial charge in [0.15, 0.2) is 5.65 Å². The average molecular weight is 354 g/mol. The zero-order valence-corrected chi connectivity index (χ0v) is 14.7. The van der Waals surface area contributed by atoms with Crippen LogP contribution in [0.3, 0.4) is 0 Å². The van der Waals surface area contributed by atoms with Gasteiger partial charge < -0.3 is 14.6 Å². The van der Waals surface area contributed by atoms with Gasteiger partial charge in [-0.1, -0.05) is 0 Å². The summed E-state index contributed by atoms with van der Waals surface area (Å²) in [5.41, 5.74) is 1.02. The number of carbonyl (C=O) groups is 1. The van der Waals surface area contributed by atoms with Gasteiger partial charge in [0.25, 0.3) is 5.91 Å². The van der Waals surface area contributed by atoms with E-state index in [0.29, 0.717) is 24.4 Å². The molecular formula is C18H22N6O2. The highest BCUT2D eigenvalue weighted by molar-refractivity contribution is 5.99. The Labute approximate surface area is 151 Å². The van der Waals surface area contributed by atoms with Crippen LogP contribution in [0.1, 0.15) is 42.0 Å². The standard InChI is InChI=1S/C18H22N6O2/c1-2-23-9-7-20-17(23)15(13-4-10-26-11-5-13)22-18(25)14-12-21-24-8-3-6-19-16(14)24/h3,6-9,12-13,15H,2,4-5,10-11H2,1H3,(H,22,25)/t15-/m1/s1. The van der Waals surface area contributed by atoms with Crippen molar-refractivity contribution in [3.63, 3.8) is 0 Å². The van der Waals surface area contributed by atoms with E-state index in [1.165, 1.54) is 0 Å². The largest absolute Gasteiger partial charge is 0.381 e. The molecule has 1 aliphatic heterocycles. The lowest BCUT2D eigenvalue weighted by Gasteiger charge is -2.30. The minimum Gasteiger partial charge on any atom is -0.381 e. The first-order valence-corrected chi connectivity index (χ1v) is 8.96. The van der Waals surface area contributed by atoms with E-state index in [0.717, 1.165) is 25.2 Å². The number of amides is 1. The van der Waals surface area contributed by atoms with Gasteiger partial charge in [0, 0.05) is 44.5 Å². The van der Waals surface area contributed by atoms with E-state index in [9.17, 15) is 4.79 Å². The highest BCUT2D eigenvalue weighted by Crippen LogP contribution is 2.30. The molecule has 3 aromatic heterocycles. The molecule has 4 rings (SSSR count). The Kier molecular flexibility index (Phi) is 4.66. The SMILES string of the molecule is CCn1ccnc1[C@H](NC(=O)c1cnn2cccnc12)C1CCOCC1. The molecule has 0 saturated carbocycles. The smallest absolute Gasteiger partial charge is 0.257 e. The van der Waals surface area contributed by atoms with Crippen LogP contribution < -0.4 is 5.32 Å². The lowest BCUT2D eigenvalue weighted by molar-refractivity contribution is 0.0498. The van der Waals surface area contributed by atoms with Crippen LogP contribution in [0.2, 0.25) is 0 Å². The fraction of sp³-hybridized carbons (Fsp3) is 0.444. The first-order valence-electron chi connectivity index (χ1n) is 8.96. The van der Waals surface area contributed by atoms with Gasteiger partial charge in [-0.25, -0.2) is 14.5 Å². The number of carbonyl (C=O) groups excluding carboxylic acids is 1. The molecule has 0 aromatic carbocycles. The third-order valence-electron chi connectivity index (χ3n) is 4.91. The van der Waals surface area contributed by atoms with E-state index in [1.807, 2.05) is 6.20 Å². The molecule has 1 aliphatic rings. The van der Waals surface area contributed by atoms with Crippen LogP contribution >= 0.6 is 0 Å². The van der Waals surface area contributed by atoms with Crippen molar-refractivity contribution in [1.82, 2.24) is 29.5 Å². The molecular weight excluding hydrogens is 332 g/mol. The van der Waals surface area contributed by atoms with E-state index >= 15 is 0 Å². The summed E-state index contributed by atoms with van der Waals surface area (Å²) < 4.78 is 9.18. The van der Waals surface area contributed by atoms with E-state index in [-0.39, 0.29) is 17.9 Å². The van der Waals surface area contributed by atoms with E-state index in [4.69, 9.17) is 4.74 Å². The van der Waals surface area contributed by atoms with Gasteiger partial charge in [0.05, 0.1) is 12.2 Å². The molecule has 0 radical (unpaired) electrons. The molecule has 4 heterocycles. The topological polar surface area (TPSA) is 86.3 Å². The predicted octanol–water partition coefficient (Wildman–Crippen LogP) is 1.84. The number of imidazole rings is 1. The van der Waals surface area contributed by atoms with Crippen LogP contribution in [0, 0.1) is 5.92 Å². The first-order chi connectivity index (χ1) is 12.8. The van der Waals surface area contributed by atoms with Crippen molar-refractivity contribution in [3.8, 4) is 0 Å². The fourth-order valence-electron chi connectivity index (χ4n) is 3.52. The Bertz CT molecular complexity index is 896. The van der Waals surface area contributed by atoms with Crippen LogP contribution in [0.25, 0.3) is 5.65 Å². The van der Waals surface area contributed by atoms with Crippen LogP contribution in [-0.2, 0) is 11.3 Å². The molecule has 0 aliphatic carbocycles. The number of ether oxygens (including phenoxy) is 1. The quantitative estimate of drug-likeness (QED) is 0.756. The minimum atomic E-state index is -0.180. The summed E-state index contributed by atoms with van der Waals surface area (Å²) in [6, 6.07) is 1.62. The third-order valence-corrected chi connectivity index (χ3v) is 4.91. The van der Waals surface area contributed by atoms with Crippen molar-refractivity contribution in [2.45, 2.75) is 32.4 Å². The zero-order chi connectivity index (χ0) is 17.9. The number of hydrogen-bond acceptors (Lipinski definition) is 5. The number of rotatable bonds is 5. The van der Waals surface area contributed by atoms with Crippen LogP contribution in [-0.4, -0.2) is 43.3 Å². The Morgan fingerprint density at radius 1 is 1.31 bits per heavy atom. The molecule has 1 N–H and O–H groups in total. The summed E-state index contributed by atoms with van der Waals surface area (Å²) in [6.07, 6.45) is 10.5. The predicted molar refractivity (Wildman–Crippen MR) is 94.6 cm³/mol. The summed E-state index contributed by atoms with van der Waals surface area (Å²) in [5.74, 6) is 0.994. The number of aryl methyl sites for hydroxylation is 1. The Balaban J connectivity index is 1.64. The molecule has 26 heavy (non-hydrogen) atoms. The van der Waals surface area contributed by atoms with Gasteiger partial charge in [0.2, 0.25) is 0 Å². The molecule has 3 aromatic rings. The number of aromatic nitrogens is 5. The summed E-state index contributed by atoms with van der Waals surface area (Å²) in [6.45, 7) is 4.30. The zero-order valence-electron chi connectivity index (χ0n) is 14.7. The maximum atomic E-state index is 13.0. The maximum Gasteiger partial charge on any atom is 0.257 e. The highest BCUT2D eigenvalue weighted by atomic mass is 16.5. The van der Waals surface area contributed by atoms with Crippen molar-refractivity contribution in [1.29, 1.82) is 0 Å². The maximum absolute atomic E-state index is 13.0. The first kappa shape index (κ1) is 16.7. The third kappa shape index (κ3) is 3.08. The lowest BCUT2D eigenvalue weighted by Crippen LogP contribution is -2.37. The molecule has 1 saturated heterocycles. The fourth-order valence-corrected chi connectivity index (χ4v) is 3.52. The highest BCUT2D eigenvalue weighted by Gasteiger charge is 2.31. The number of hydrogen-bond donors (Lipinski definition) is 1. The lowest BCUT2D eigenvalue weighted by atomic mass is 9.90. The van der Waals surface area contributed by atoms with Gasteiger partial charge in [-0.05, 0) is 31.7 Å². The number of nitrogens with zero attached hydrogens (tertiary/aromatic N) is 5. The van der Waals surface area contributed by atoms with Crippen molar-refractivity contribution >= 4 is 11.6 Å². The average Bonchev–Trinajstić information content (AvgIpc) is 3.33. The van der Waals surface area contributed by atoms with Gasteiger partial charge in [-0.2, -0.15) is 5.10 Å². The van der Waals surface area contributed by atoms with E-state index in [1.54, 1.807) is 35.4 Å². The number of nitrogens with one attached hydrogen (secondary N) is 1. The Morgan fingerprint density at radius 2 is 2.15 bits per heavy atom. The normalized spacial score (nSPS) is 16.7. The summed E-state index contributed by atoms with van der Waals surface area (Å²) in [5, 5.41) is 7.40. The molecule has 136 valence electrons. The number of fused-ring (bicyclic) bond motifs is 1. The molecule has 0 unspecified atom stereocenters. The van der Waals surface area contributed by atoms with Crippen molar-refractivity contribution < 1.29 is 9.53 Å². The van der Waals surface area contributed by atoms with Crippen molar-refractivity contribution in [2.24, 2.45) is 5.92 Å². The van der Waals surface area contributed by atoms with Crippen LogP contribution in [0.15, 0.2) is 37.1 Å². The second-order valence-electron chi connectivity index (χ2n) is 6.42. The molecule has 1 amide bonds. The summed E-state index contributed by atoms with van der Waals surface area (Å²) >= 11 is 0. The van der Waals surface area contributed by atoms with Gasteiger partial charge in [-0.3, -0.25) is 4.79 Å². The second kappa shape index (κ2) is 7.25. The van der Waals surface area contributed by atoms with Gasteiger partial charge >= 0.3 is 0 Å². The van der Waals surface area contributed by atoms with E-state index < -0.39 is 0 Å². The molecule has 1 atom stereocenters. The van der Waals surface area contributed by atoms with Crippen molar-refractivity contribution in [2.75, 3.05) is 13.2 Å². The summed E-state index contributed by atoms with van der Waals surface area (Å²) in [4.78, 5) is 21.8. The van der Waals surface area contributed by atoms with Gasteiger partial charge in [0.1, 0.15) is 11.4 Å². The molecule has 0 bridgehead atoms. The monoisotopic (exact) mass is 354 g/mol. The Morgan fingerprint density at radius 3 is 2.96 bits per heavy atom. The molecule has 1 fully saturated rings. The van der Waals surface area contributed by atoms with E-state index in [2.05, 4.69) is 31.9 Å². The molecule has 8 heteroatoms. The van der Waals surface area contributed by atoms with Crippen LogP contribution in [0.4, 0.5) is 0 Å². The Hall–Kier alpha value is -2.74. The molecule has 8 nitrogen and oxygen atoms in total. The van der Waals surface area contributed by atoms with Crippen LogP contribution in [0.5, 0.6) is 0 Å². The minimum absolute atomic E-state index is 0.167. The van der Waals surface area contributed by atoms with Gasteiger partial charge in [-0.15, -0.1) is 0 Å². The van der Waals surface area contributed by atoms with Crippen molar-refractivity contribution in [3.05, 3.63) is 48.4 Å². The molecule has 0 spiro atoms. The second-order valence-corrected chi connectivity index (χ2v) is 6.42. The summed E-state index contributed by atoms with van der Waals surface area (Å²) in [7, 11) is 0.